The number of aromatic nitrogens is 1. The number of amides is 1. The van der Waals surface area contributed by atoms with Crippen molar-refractivity contribution in [2.24, 2.45) is 0 Å². The van der Waals surface area contributed by atoms with Gasteiger partial charge in [-0.1, -0.05) is 31.3 Å². The second kappa shape index (κ2) is 10.5. The Balaban J connectivity index is 2.01. The molecule has 0 atom stereocenters. The summed E-state index contributed by atoms with van der Waals surface area (Å²) < 4.78 is 17.1. The first-order valence-electron chi connectivity index (χ1n) is 10.2. The third-order valence-corrected chi connectivity index (χ3v) is 6.25. The molecule has 0 spiro atoms. The number of anilines is 1. The Bertz CT molecular complexity index is 992. The zero-order valence-corrected chi connectivity index (χ0v) is 19.5. The minimum Gasteiger partial charge on any atom is -0.497 e. The monoisotopic (exact) mass is 443 g/mol. The average Bonchev–Trinajstić information content (AvgIpc) is 3.23. The first-order chi connectivity index (χ1) is 15.0. The second-order valence-electron chi connectivity index (χ2n) is 6.89. The van der Waals surface area contributed by atoms with Gasteiger partial charge in [0.15, 0.2) is 16.6 Å². The van der Waals surface area contributed by atoms with Gasteiger partial charge in [0, 0.05) is 30.8 Å². The van der Waals surface area contributed by atoms with E-state index in [2.05, 4.69) is 18.7 Å². The SMILES string of the molecule is CCN(CC)CCN(C(=O)c1cccc(OC)c1)c1nc2cc(OC)c(OC)cc2s1. The minimum atomic E-state index is -0.107. The van der Waals surface area contributed by atoms with Crippen molar-refractivity contribution in [3.05, 3.63) is 42.0 Å². The molecule has 7 nitrogen and oxygen atoms in total. The molecule has 0 saturated heterocycles. The van der Waals surface area contributed by atoms with Crippen LogP contribution in [0.2, 0.25) is 0 Å². The van der Waals surface area contributed by atoms with Gasteiger partial charge < -0.3 is 19.1 Å². The van der Waals surface area contributed by atoms with Gasteiger partial charge >= 0.3 is 0 Å². The number of benzene rings is 2. The Hall–Kier alpha value is -2.84. The fourth-order valence-corrected chi connectivity index (χ4v) is 4.34. The summed E-state index contributed by atoms with van der Waals surface area (Å²) in [5.74, 6) is 1.79. The maximum atomic E-state index is 13.5. The lowest BCUT2D eigenvalue weighted by atomic mass is 10.2. The van der Waals surface area contributed by atoms with Gasteiger partial charge in [-0.05, 0) is 31.3 Å². The fraction of sp³-hybridized carbons (Fsp3) is 0.391. The van der Waals surface area contributed by atoms with Crippen molar-refractivity contribution in [3.8, 4) is 17.2 Å². The Morgan fingerprint density at radius 3 is 2.32 bits per heavy atom. The predicted molar refractivity (Wildman–Crippen MR) is 125 cm³/mol. The number of fused-ring (bicyclic) bond motifs is 1. The highest BCUT2D eigenvalue weighted by molar-refractivity contribution is 7.22. The van der Waals surface area contributed by atoms with Gasteiger partial charge in [-0.2, -0.15) is 0 Å². The molecule has 0 bridgehead atoms. The van der Waals surface area contributed by atoms with Crippen LogP contribution in [0, 0.1) is 0 Å². The molecule has 2 aromatic carbocycles. The van der Waals surface area contributed by atoms with E-state index in [1.807, 2.05) is 24.3 Å². The molecule has 1 heterocycles. The molecule has 0 saturated carbocycles. The molecule has 3 aromatic rings. The van der Waals surface area contributed by atoms with Crippen LogP contribution < -0.4 is 19.1 Å². The first kappa shape index (κ1) is 22.8. The zero-order chi connectivity index (χ0) is 22.4. The smallest absolute Gasteiger partial charge is 0.260 e. The molecule has 166 valence electrons. The molecule has 0 unspecified atom stereocenters. The molecular formula is C23H29N3O4S. The van der Waals surface area contributed by atoms with Crippen molar-refractivity contribution < 1.29 is 19.0 Å². The Morgan fingerprint density at radius 2 is 1.68 bits per heavy atom. The van der Waals surface area contributed by atoms with Crippen LogP contribution in [0.5, 0.6) is 17.2 Å². The third kappa shape index (κ3) is 5.08. The van der Waals surface area contributed by atoms with E-state index in [4.69, 9.17) is 19.2 Å². The summed E-state index contributed by atoms with van der Waals surface area (Å²) in [4.78, 5) is 22.3. The molecular weight excluding hydrogens is 414 g/mol. The molecule has 1 aromatic heterocycles. The van der Waals surface area contributed by atoms with Gasteiger partial charge in [0.1, 0.15) is 5.75 Å². The Kier molecular flexibility index (Phi) is 7.70. The Labute approximate surface area is 187 Å². The summed E-state index contributed by atoms with van der Waals surface area (Å²) in [7, 11) is 4.80. The molecule has 8 heteroatoms. The molecule has 3 rings (SSSR count). The van der Waals surface area contributed by atoms with Gasteiger partial charge in [0.25, 0.3) is 5.91 Å². The number of methoxy groups -OCH3 is 3. The molecule has 0 aliphatic carbocycles. The van der Waals surface area contributed by atoms with Crippen LogP contribution in [0.3, 0.4) is 0 Å². The summed E-state index contributed by atoms with van der Waals surface area (Å²) in [5, 5.41) is 0.644. The van der Waals surface area contributed by atoms with E-state index in [1.165, 1.54) is 11.3 Å². The summed E-state index contributed by atoms with van der Waals surface area (Å²) in [6.45, 7) is 7.37. The molecule has 1 amide bonds. The number of hydrogen-bond acceptors (Lipinski definition) is 7. The highest BCUT2D eigenvalue weighted by Crippen LogP contribution is 2.37. The van der Waals surface area contributed by atoms with Gasteiger partial charge in [-0.25, -0.2) is 4.98 Å². The first-order valence-corrected chi connectivity index (χ1v) is 11.1. The van der Waals surface area contributed by atoms with Crippen molar-refractivity contribution in [3.63, 3.8) is 0 Å². The summed E-state index contributed by atoms with van der Waals surface area (Å²) in [5.41, 5.74) is 1.33. The van der Waals surface area contributed by atoms with Crippen LogP contribution in [-0.2, 0) is 0 Å². The van der Waals surface area contributed by atoms with E-state index in [0.717, 1.165) is 29.9 Å². The number of rotatable bonds is 10. The number of likely N-dealkylation sites (N-methyl/N-ethyl adjacent to an activating group) is 1. The van der Waals surface area contributed by atoms with E-state index in [9.17, 15) is 4.79 Å². The van der Waals surface area contributed by atoms with Gasteiger partial charge in [0.2, 0.25) is 0 Å². The summed E-state index contributed by atoms with van der Waals surface area (Å²) in [6.07, 6.45) is 0. The Morgan fingerprint density at radius 1 is 0.968 bits per heavy atom. The van der Waals surface area contributed by atoms with Crippen LogP contribution in [0.25, 0.3) is 10.2 Å². The average molecular weight is 444 g/mol. The van der Waals surface area contributed by atoms with Crippen molar-refractivity contribution in [1.29, 1.82) is 0 Å². The maximum Gasteiger partial charge on any atom is 0.260 e. The highest BCUT2D eigenvalue weighted by atomic mass is 32.1. The zero-order valence-electron chi connectivity index (χ0n) is 18.7. The van der Waals surface area contributed by atoms with Gasteiger partial charge in [-0.15, -0.1) is 0 Å². The number of thiazole rings is 1. The summed E-state index contributed by atoms with van der Waals surface area (Å²) >= 11 is 1.46. The van der Waals surface area contributed by atoms with Crippen LogP contribution in [0.1, 0.15) is 24.2 Å². The third-order valence-electron chi connectivity index (χ3n) is 5.21. The number of nitrogens with zero attached hydrogens (tertiary/aromatic N) is 3. The van der Waals surface area contributed by atoms with Crippen molar-refractivity contribution in [2.45, 2.75) is 13.8 Å². The lowest BCUT2D eigenvalue weighted by molar-refractivity contribution is 0.0983. The minimum absolute atomic E-state index is 0.107. The number of carbonyl (C=O) groups excluding carboxylic acids is 1. The largest absolute Gasteiger partial charge is 0.497 e. The van der Waals surface area contributed by atoms with Crippen molar-refractivity contribution in [2.75, 3.05) is 52.4 Å². The van der Waals surface area contributed by atoms with Crippen LogP contribution in [-0.4, -0.2) is 63.3 Å². The highest BCUT2D eigenvalue weighted by Gasteiger charge is 2.23. The quantitative estimate of drug-likeness (QED) is 0.465. The lowest BCUT2D eigenvalue weighted by Gasteiger charge is -2.24. The number of ether oxygens (including phenoxy) is 3. The molecule has 0 radical (unpaired) electrons. The van der Waals surface area contributed by atoms with Crippen molar-refractivity contribution >= 4 is 32.6 Å². The van der Waals surface area contributed by atoms with Crippen LogP contribution in [0.4, 0.5) is 5.13 Å². The molecule has 0 N–H and O–H groups in total. The number of carbonyl (C=O) groups is 1. The van der Waals surface area contributed by atoms with E-state index in [1.54, 1.807) is 38.4 Å². The standard InChI is InChI=1S/C23H29N3O4S/c1-6-25(7-2)11-12-26(22(27)16-9-8-10-17(13-16)28-3)23-24-18-14-19(29-4)20(30-5)15-21(18)31-23/h8-10,13-15H,6-7,11-12H2,1-5H3. The van der Waals surface area contributed by atoms with Gasteiger partial charge in [-0.3, -0.25) is 9.69 Å². The fourth-order valence-electron chi connectivity index (χ4n) is 3.34. The molecule has 0 aliphatic heterocycles. The lowest BCUT2D eigenvalue weighted by Crippen LogP contribution is -2.38. The maximum absolute atomic E-state index is 13.5. The van der Waals surface area contributed by atoms with E-state index < -0.39 is 0 Å². The normalized spacial score (nSPS) is 11.0. The van der Waals surface area contributed by atoms with Crippen LogP contribution in [0.15, 0.2) is 36.4 Å². The van der Waals surface area contributed by atoms with Crippen LogP contribution >= 0.6 is 11.3 Å². The summed E-state index contributed by atoms with van der Waals surface area (Å²) in [6, 6.07) is 10.9. The molecule has 31 heavy (non-hydrogen) atoms. The topological polar surface area (TPSA) is 64.1 Å². The van der Waals surface area contributed by atoms with E-state index in [-0.39, 0.29) is 5.91 Å². The molecule has 0 fully saturated rings. The predicted octanol–water partition coefficient (Wildman–Crippen LogP) is 4.31. The van der Waals surface area contributed by atoms with E-state index >= 15 is 0 Å². The second-order valence-corrected chi connectivity index (χ2v) is 7.90. The van der Waals surface area contributed by atoms with E-state index in [0.29, 0.717) is 34.5 Å². The van der Waals surface area contributed by atoms with Gasteiger partial charge in [0.05, 0.1) is 31.5 Å². The molecule has 0 aliphatic rings. The number of hydrogen-bond donors (Lipinski definition) is 0. The van der Waals surface area contributed by atoms with Crippen molar-refractivity contribution in [1.82, 2.24) is 9.88 Å².